The summed E-state index contributed by atoms with van der Waals surface area (Å²) in [6.45, 7) is 4.04. The van der Waals surface area contributed by atoms with E-state index >= 15 is 0 Å². The molecule has 0 aromatic heterocycles. The smallest absolute Gasteiger partial charge is 0.255 e. The van der Waals surface area contributed by atoms with Gasteiger partial charge in [0.2, 0.25) is 5.91 Å². The van der Waals surface area contributed by atoms with E-state index in [9.17, 15) is 9.59 Å². The second-order valence-corrected chi connectivity index (χ2v) is 7.47. The van der Waals surface area contributed by atoms with Gasteiger partial charge in [0.15, 0.2) is 0 Å². The number of ether oxygens (including phenoxy) is 1. The molecule has 0 radical (unpaired) electrons. The van der Waals surface area contributed by atoms with Crippen LogP contribution in [0.2, 0.25) is 0 Å². The minimum atomic E-state index is -0.749. The fourth-order valence-corrected chi connectivity index (χ4v) is 3.76. The largest absolute Gasteiger partial charge is 0.497 e. The number of methoxy groups -OCH3 is 1. The van der Waals surface area contributed by atoms with E-state index in [2.05, 4.69) is 0 Å². The first-order valence-corrected chi connectivity index (χ1v) is 9.89. The molecule has 0 spiro atoms. The first kappa shape index (κ1) is 19.7. The van der Waals surface area contributed by atoms with Crippen LogP contribution in [0.1, 0.15) is 22.7 Å². The molecule has 1 aliphatic rings. The number of aryl methyl sites for hydroxylation is 2. The normalized spacial score (nSPS) is 16.7. The molecule has 1 atom stereocenters. The van der Waals surface area contributed by atoms with Crippen LogP contribution in [-0.2, 0) is 9.59 Å². The third-order valence-corrected chi connectivity index (χ3v) is 5.59. The van der Waals surface area contributed by atoms with Crippen LogP contribution >= 0.6 is 0 Å². The monoisotopic (exact) mass is 400 g/mol. The zero-order valence-corrected chi connectivity index (χ0v) is 17.3. The maximum atomic E-state index is 13.7. The van der Waals surface area contributed by atoms with Crippen molar-refractivity contribution in [1.29, 1.82) is 0 Å². The molecule has 3 aromatic rings. The van der Waals surface area contributed by atoms with E-state index in [1.807, 2.05) is 86.6 Å². The van der Waals surface area contributed by atoms with Gasteiger partial charge in [-0.3, -0.25) is 14.5 Å². The molecule has 4 rings (SSSR count). The third-order valence-electron chi connectivity index (χ3n) is 5.59. The molecule has 30 heavy (non-hydrogen) atoms. The van der Waals surface area contributed by atoms with Crippen LogP contribution in [0.5, 0.6) is 5.75 Å². The molecule has 3 aromatic carbocycles. The lowest BCUT2D eigenvalue weighted by Crippen LogP contribution is -2.56. The molecule has 0 N–H and O–H groups in total. The summed E-state index contributed by atoms with van der Waals surface area (Å²) in [5.74, 6) is 0.442. The van der Waals surface area contributed by atoms with Gasteiger partial charge in [-0.25, -0.2) is 0 Å². The minimum Gasteiger partial charge on any atom is -0.497 e. The van der Waals surface area contributed by atoms with Gasteiger partial charge in [0.05, 0.1) is 7.11 Å². The van der Waals surface area contributed by atoms with Crippen molar-refractivity contribution in [3.05, 3.63) is 89.5 Å². The Morgan fingerprint density at radius 2 is 1.53 bits per heavy atom. The predicted octanol–water partition coefficient (Wildman–Crippen LogP) is 4.43. The Bertz CT molecular complexity index is 1080. The first-order valence-electron chi connectivity index (χ1n) is 9.89. The number of carbonyl (C=O) groups excluding carboxylic acids is 2. The summed E-state index contributed by atoms with van der Waals surface area (Å²) < 4.78 is 5.25. The summed E-state index contributed by atoms with van der Waals surface area (Å²) >= 11 is 0. The topological polar surface area (TPSA) is 49.9 Å². The van der Waals surface area contributed by atoms with Gasteiger partial charge in [0.25, 0.3) is 5.91 Å². The van der Waals surface area contributed by atoms with Crippen molar-refractivity contribution >= 4 is 23.2 Å². The lowest BCUT2D eigenvalue weighted by atomic mass is 9.98. The summed E-state index contributed by atoms with van der Waals surface area (Å²) in [6, 6.07) is 21.7. The molecule has 1 unspecified atom stereocenters. The number of hydrogen-bond acceptors (Lipinski definition) is 3. The molecule has 1 saturated heterocycles. The van der Waals surface area contributed by atoms with E-state index in [1.54, 1.807) is 16.9 Å². The Kier molecular flexibility index (Phi) is 5.27. The molecule has 2 amide bonds. The number of nitrogens with zero attached hydrogens (tertiary/aromatic N) is 2. The summed E-state index contributed by atoms with van der Waals surface area (Å²) in [6.07, 6.45) is 0. The van der Waals surface area contributed by atoms with Gasteiger partial charge in [-0.15, -0.1) is 0 Å². The van der Waals surface area contributed by atoms with Crippen molar-refractivity contribution in [3.63, 3.8) is 0 Å². The second-order valence-electron chi connectivity index (χ2n) is 7.47. The summed E-state index contributed by atoms with van der Waals surface area (Å²) in [5.41, 5.74) is 4.41. The minimum absolute atomic E-state index is 0.00286. The number of anilines is 2. The van der Waals surface area contributed by atoms with Crippen molar-refractivity contribution in [2.75, 3.05) is 23.5 Å². The Morgan fingerprint density at radius 3 is 2.17 bits per heavy atom. The van der Waals surface area contributed by atoms with E-state index in [4.69, 9.17) is 4.74 Å². The molecular weight excluding hydrogens is 376 g/mol. The van der Waals surface area contributed by atoms with Gasteiger partial charge in [-0.05, 0) is 66.9 Å². The number of benzene rings is 3. The second kappa shape index (κ2) is 8.03. The van der Waals surface area contributed by atoms with Crippen molar-refractivity contribution in [3.8, 4) is 5.75 Å². The summed E-state index contributed by atoms with van der Waals surface area (Å²) in [5, 5.41) is 0. The SMILES string of the molecule is COc1ccc(C2C(=O)N(c3ccc(C)c(C)c3)CC(=O)N2c2ccccc2)cc1. The maximum Gasteiger partial charge on any atom is 0.255 e. The zero-order chi connectivity index (χ0) is 21.3. The van der Waals surface area contributed by atoms with Crippen LogP contribution < -0.4 is 14.5 Å². The fourth-order valence-electron chi connectivity index (χ4n) is 3.76. The molecule has 152 valence electrons. The van der Waals surface area contributed by atoms with Crippen molar-refractivity contribution in [2.45, 2.75) is 19.9 Å². The van der Waals surface area contributed by atoms with Crippen LogP contribution in [0.25, 0.3) is 0 Å². The number of carbonyl (C=O) groups is 2. The zero-order valence-electron chi connectivity index (χ0n) is 17.3. The molecule has 1 heterocycles. The molecule has 0 aliphatic carbocycles. The highest BCUT2D eigenvalue weighted by Crippen LogP contribution is 2.35. The van der Waals surface area contributed by atoms with Crippen LogP contribution in [0.4, 0.5) is 11.4 Å². The molecule has 1 fully saturated rings. The van der Waals surface area contributed by atoms with Gasteiger partial charge in [0.1, 0.15) is 18.3 Å². The van der Waals surface area contributed by atoms with Gasteiger partial charge in [-0.2, -0.15) is 0 Å². The predicted molar refractivity (Wildman–Crippen MR) is 118 cm³/mol. The highest BCUT2D eigenvalue weighted by Gasteiger charge is 2.41. The molecule has 0 saturated carbocycles. The highest BCUT2D eigenvalue weighted by molar-refractivity contribution is 6.14. The lowest BCUT2D eigenvalue weighted by molar-refractivity contribution is -0.128. The molecule has 0 bridgehead atoms. The van der Waals surface area contributed by atoms with E-state index in [0.717, 1.165) is 22.4 Å². The van der Waals surface area contributed by atoms with Crippen molar-refractivity contribution in [2.24, 2.45) is 0 Å². The number of piperazine rings is 1. The Balaban J connectivity index is 1.80. The van der Waals surface area contributed by atoms with Crippen LogP contribution in [-0.4, -0.2) is 25.5 Å². The molecule has 1 aliphatic heterocycles. The molecular formula is C25H24N2O3. The van der Waals surface area contributed by atoms with E-state index < -0.39 is 6.04 Å². The lowest BCUT2D eigenvalue weighted by Gasteiger charge is -2.40. The van der Waals surface area contributed by atoms with Crippen LogP contribution in [0.3, 0.4) is 0 Å². The number of para-hydroxylation sites is 1. The van der Waals surface area contributed by atoms with Crippen molar-refractivity contribution in [1.82, 2.24) is 0 Å². The third kappa shape index (κ3) is 3.54. The van der Waals surface area contributed by atoms with Crippen LogP contribution in [0.15, 0.2) is 72.8 Å². The van der Waals surface area contributed by atoms with Gasteiger partial charge in [0, 0.05) is 11.4 Å². The standard InChI is InChI=1S/C25H24N2O3/c1-17-9-12-21(15-18(17)2)26-16-23(28)27(20-7-5-4-6-8-20)24(25(26)29)19-10-13-22(30-3)14-11-19/h4-15,24H,16H2,1-3H3. The number of hydrogen-bond donors (Lipinski definition) is 0. The van der Waals surface area contributed by atoms with Crippen LogP contribution in [0, 0.1) is 13.8 Å². The summed E-state index contributed by atoms with van der Waals surface area (Å²) in [4.78, 5) is 30.2. The van der Waals surface area contributed by atoms with Gasteiger partial charge >= 0.3 is 0 Å². The van der Waals surface area contributed by atoms with E-state index in [0.29, 0.717) is 11.4 Å². The average Bonchev–Trinajstić information content (AvgIpc) is 2.77. The average molecular weight is 400 g/mol. The first-order chi connectivity index (χ1) is 14.5. The van der Waals surface area contributed by atoms with E-state index in [-0.39, 0.29) is 18.4 Å². The van der Waals surface area contributed by atoms with Gasteiger partial charge < -0.3 is 9.64 Å². The molecule has 5 nitrogen and oxygen atoms in total. The number of rotatable bonds is 4. The van der Waals surface area contributed by atoms with E-state index in [1.165, 1.54) is 0 Å². The van der Waals surface area contributed by atoms with Crippen molar-refractivity contribution < 1.29 is 14.3 Å². The van der Waals surface area contributed by atoms with Gasteiger partial charge in [-0.1, -0.05) is 36.4 Å². The highest BCUT2D eigenvalue weighted by atomic mass is 16.5. The fraction of sp³-hybridized carbons (Fsp3) is 0.200. The maximum absolute atomic E-state index is 13.7. The quantitative estimate of drug-likeness (QED) is 0.651. The number of amides is 2. The Labute approximate surface area is 176 Å². The molecule has 5 heteroatoms. The summed E-state index contributed by atoms with van der Waals surface area (Å²) in [7, 11) is 1.60. The Hall–Kier alpha value is -3.60. The Morgan fingerprint density at radius 1 is 0.833 bits per heavy atom.